The van der Waals surface area contributed by atoms with Crippen molar-refractivity contribution >= 4 is 32.8 Å². The van der Waals surface area contributed by atoms with Gasteiger partial charge in [-0.2, -0.15) is 10.4 Å². The summed E-state index contributed by atoms with van der Waals surface area (Å²) in [5.41, 5.74) is 0.515. The van der Waals surface area contributed by atoms with Crippen LogP contribution in [0.25, 0.3) is 22.2 Å². The summed E-state index contributed by atoms with van der Waals surface area (Å²) in [6.07, 6.45) is 1.14. The number of nitrogens with zero attached hydrogens (tertiary/aromatic N) is 3. The van der Waals surface area contributed by atoms with Gasteiger partial charge in [-0.25, -0.2) is 9.48 Å². The summed E-state index contributed by atoms with van der Waals surface area (Å²) in [7, 11) is 0. The number of aromatic nitrogens is 2. The zero-order chi connectivity index (χ0) is 15.7. The van der Waals surface area contributed by atoms with E-state index in [1.165, 1.54) is 12.3 Å². The molecule has 22 heavy (non-hydrogen) atoms. The second-order valence-corrected chi connectivity index (χ2v) is 5.42. The Morgan fingerprint density at radius 1 is 1.36 bits per heavy atom. The maximum absolute atomic E-state index is 12.1. The van der Waals surface area contributed by atoms with Crippen LogP contribution in [0.1, 0.15) is 11.2 Å². The molecule has 0 radical (unpaired) electrons. The van der Waals surface area contributed by atoms with Crippen molar-refractivity contribution in [1.29, 1.82) is 5.26 Å². The molecule has 0 aliphatic rings. The van der Waals surface area contributed by atoms with Crippen molar-refractivity contribution in [2.45, 2.75) is 6.42 Å². The van der Waals surface area contributed by atoms with Gasteiger partial charge in [0.1, 0.15) is 17.7 Å². The number of fused-ring (bicyclic) bond motifs is 1. The summed E-state index contributed by atoms with van der Waals surface area (Å²) >= 11 is 3.36. The van der Waals surface area contributed by atoms with E-state index >= 15 is 0 Å². The Bertz CT molecular complexity index is 982. The van der Waals surface area contributed by atoms with Crippen LogP contribution in [-0.2, 0) is 0 Å². The van der Waals surface area contributed by atoms with E-state index in [-0.39, 0.29) is 12.0 Å². The fourth-order valence-corrected chi connectivity index (χ4v) is 2.41. The van der Waals surface area contributed by atoms with Crippen LogP contribution in [0.15, 0.2) is 50.2 Å². The van der Waals surface area contributed by atoms with Crippen molar-refractivity contribution in [3.63, 3.8) is 0 Å². The summed E-state index contributed by atoms with van der Waals surface area (Å²) in [6.45, 7) is 0. The molecule has 0 aliphatic carbocycles. The summed E-state index contributed by atoms with van der Waals surface area (Å²) in [5, 5.41) is 13.3. The van der Waals surface area contributed by atoms with Crippen LogP contribution in [0.4, 0.5) is 0 Å². The van der Waals surface area contributed by atoms with Gasteiger partial charge in [-0.15, -0.1) is 0 Å². The number of hydrogen-bond donors (Lipinski definition) is 0. The van der Waals surface area contributed by atoms with Crippen LogP contribution >= 0.6 is 15.9 Å². The zero-order valence-electron chi connectivity index (χ0n) is 11.1. The average molecular weight is 358 g/mol. The molecule has 0 N–H and O–H groups in total. The molecule has 3 rings (SSSR count). The Morgan fingerprint density at radius 2 is 2.18 bits per heavy atom. The average Bonchev–Trinajstić information content (AvgIpc) is 2.97. The molecule has 0 amide bonds. The van der Waals surface area contributed by atoms with Gasteiger partial charge in [0, 0.05) is 16.1 Å². The highest BCUT2D eigenvalue weighted by Crippen LogP contribution is 2.22. The minimum absolute atomic E-state index is 0.258. The fraction of sp³-hybridized carbons (Fsp3) is 0.0667. The van der Waals surface area contributed by atoms with Crippen LogP contribution in [-0.4, -0.2) is 15.7 Å². The molecule has 0 bridgehead atoms. The molecule has 0 aliphatic heterocycles. The number of benzene rings is 1. The van der Waals surface area contributed by atoms with E-state index in [2.05, 4.69) is 21.0 Å². The second-order valence-electron chi connectivity index (χ2n) is 4.50. The lowest BCUT2D eigenvalue weighted by Gasteiger charge is -2.00. The lowest BCUT2D eigenvalue weighted by atomic mass is 10.1. The van der Waals surface area contributed by atoms with E-state index in [9.17, 15) is 9.59 Å². The minimum atomic E-state index is -0.534. The summed E-state index contributed by atoms with van der Waals surface area (Å²) < 4.78 is 7.16. The van der Waals surface area contributed by atoms with Gasteiger partial charge in [0.05, 0.1) is 11.6 Å². The largest absolute Gasteiger partial charge is 0.422 e. The van der Waals surface area contributed by atoms with Crippen molar-refractivity contribution in [3.8, 4) is 17.3 Å². The van der Waals surface area contributed by atoms with Gasteiger partial charge >= 0.3 is 5.63 Å². The smallest absolute Gasteiger partial charge is 0.345 e. The first-order valence-corrected chi connectivity index (χ1v) is 7.07. The third kappa shape index (κ3) is 2.56. The summed E-state index contributed by atoms with van der Waals surface area (Å²) in [4.78, 5) is 23.7. The van der Waals surface area contributed by atoms with Gasteiger partial charge in [0.25, 0.3) is 5.91 Å². The van der Waals surface area contributed by atoms with Crippen molar-refractivity contribution in [2.75, 3.05) is 0 Å². The molecule has 0 saturated carbocycles. The fourth-order valence-electron chi connectivity index (χ4n) is 2.03. The van der Waals surface area contributed by atoms with Crippen molar-refractivity contribution in [3.05, 3.63) is 51.4 Å². The molecule has 108 valence electrons. The maximum atomic E-state index is 12.1. The quantitative estimate of drug-likeness (QED) is 0.657. The molecule has 0 saturated heterocycles. The monoisotopic (exact) mass is 357 g/mol. The highest BCUT2D eigenvalue weighted by molar-refractivity contribution is 9.10. The van der Waals surface area contributed by atoms with E-state index in [1.807, 2.05) is 6.07 Å². The van der Waals surface area contributed by atoms with E-state index < -0.39 is 11.5 Å². The van der Waals surface area contributed by atoms with Crippen LogP contribution in [0, 0.1) is 11.3 Å². The number of nitriles is 1. The number of halogens is 1. The van der Waals surface area contributed by atoms with Crippen LogP contribution in [0.2, 0.25) is 0 Å². The summed E-state index contributed by atoms with van der Waals surface area (Å²) in [5.74, 6) is -0.457. The predicted octanol–water partition coefficient (Wildman–Crippen LogP) is 2.97. The highest BCUT2D eigenvalue weighted by atomic mass is 79.9. The Kier molecular flexibility index (Phi) is 3.61. The standard InChI is InChI=1S/C15H8BrN3O3/c16-10-1-2-13-9(7-10)8-11(15(21)22-13)12-4-6-19(18-12)14(20)3-5-17/h1-2,4,6-8H,3H2. The summed E-state index contributed by atoms with van der Waals surface area (Å²) in [6, 6.07) is 10.2. The predicted molar refractivity (Wildman–Crippen MR) is 82.3 cm³/mol. The van der Waals surface area contributed by atoms with Gasteiger partial charge in [-0.05, 0) is 30.3 Å². The molecular formula is C15H8BrN3O3. The van der Waals surface area contributed by atoms with E-state index in [4.69, 9.17) is 9.68 Å². The Morgan fingerprint density at radius 3 is 2.95 bits per heavy atom. The Balaban J connectivity index is 2.10. The lowest BCUT2D eigenvalue weighted by molar-refractivity contribution is 0.0904. The molecule has 6 nitrogen and oxygen atoms in total. The molecule has 7 heteroatoms. The van der Waals surface area contributed by atoms with Crippen LogP contribution in [0.3, 0.4) is 0 Å². The minimum Gasteiger partial charge on any atom is -0.422 e. The Labute approximate surface area is 132 Å². The second kappa shape index (κ2) is 5.58. The van der Waals surface area contributed by atoms with Crippen molar-refractivity contribution in [1.82, 2.24) is 9.78 Å². The number of carbonyl (C=O) groups excluding carboxylic acids is 1. The molecule has 0 spiro atoms. The van der Waals surface area contributed by atoms with E-state index in [0.717, 1.165) is 14.5 Å². The topological polar surface area (TPSA) is 88.9 Å². The first-order valence-electron chi connectivity index (χ1n) is 6.28. The molecule has 1 aromatic carbocycles. The number of carbonyl (C=O) groups is 1. The van der Waals surface area contributed by atoms with Gasteiger partial charge in [0.15, 0.2) is 0 Å². The first kappa shape index (κ1) is 14.2. The van der Waals surface area contributed by atoms with Gasteiger partial charge in [0.2, 0.25) is 0 Å². The Hall–Kier alpha value is -2.72. The van der Waals surface area contributed by atoms with Gasteiger partial charge < -0.3 is 4.42 Å². The van der Waals surface area contributed by atoms with E-state index in [0.29, 0.717) is 11.3 Å². The third-order valence-electron chi connectivity index (χ3n) is 3.05. The SMILES string of the molecule is N#CCC(=O)n1ccc(-c2cc3cc(Br)ccc3oc2=O)n1. The molecule has 2 aromatic heterocycles. The molecule has 0 fully saturated rings. The zero-order valence-corrected chi connectivity index (χ0v) is 12.7. The van der Waals surface area contributed by atoms with Gasteiger partial charge in [-0.3, -0.25) is 4.79 Å². The lowest BCUT2D eigenvalue weighted by Crippen LogP contribution is -2.10. The highest BCUT2D eigenvalue weighted by Gasteiger charge is 2.13. The third-order valence-corrected chi connectivity index (χ3v) is 3.54. The first-order chi connectivity index (χ1) is 10.6. The van der Waals surface area contributed by atoms with Gasteiger partial charge in [-0.1, -0.05) is 15.9 Å². The maximum Gasteiger partial charge on any atom is 0.345 e. The van der Waals surface area contributed by atoms with Crippen molar-refractivity contribution in [2.24, 2.45) is 0 Å². The van der Waals surface area contributed by atoms with Crippen LogP contribution < -0.4 is 5.63 Å². The molecular weight excluding hydrogens is 350 g/mol. The molecule has 0 unspecified atom stereocenters. The number of hydrogen-bond acceptors (Lipinski definition) is 5. The number of rotatable bonds is 2. The molecule has 0 atom stereocenters. The molecule has 3 aromatic rings. The van der Waals surface area contributed by atoms with E-state index in [1.54, 1.807) is 24.3 Å². The van der Waals surface area contributed by atoms with Crippen LogP contribution in [0.5, 0.6) is 0 Å². The normalized spacial score (nSPS) is 10.5. The van der Waals surface area contributed by atoms with Crippen molar-refractivity contribution < 1.29 is 9.21 Å². The molecule has 2 heterocycles.